The third kappa shape index (κ3) is 6.42. The van der Waals surface area contributed by atoms with Gasteiger partial charge in [-0.05, 0) is 36.8 Å². The molecule has 4 nitrogen and oxygen atoms in total. The van der Waals surface area contributed by atoms with Gasteiger partial charge in [0.15, 0.2) is 0 Å². The minimum absolute atomic E-state index is 0.287. The minimum atomic E-state index is -0.525. The lowest BCUT2D eigenvalue weighted by molar-refractivity contribution is 0.171. The van der Waals surface area contributed by atoms with Crippen molar-refractivity contribution in [1.29, 1.82) is 5.26 Å². The first-order valence-electron chi connectivity index (χ1n) is 9.57. The maximum atomic E-state index is 11.3. The summed E-state index contributed by atoms with van der Waals surface area (Å²) < 4.78 is 5.01. The fourth-order valence-corrected chi connectivity index (χ4v) is 3.33. The van der Waals surface area contributed by atoms with Gasteiger partial charge in [-0.2, -0.15) is 5.26 Å². The van der Waals surface area contributed by atoms with E-state index in [-0.39, 0.29) is 13.0 Å². The summed E-state index contributed by atoms with van der Waals surface area (Å²) in [6.45, 7) is 2.53. The van der Waals surface area contributed by atoms with Gasteiger partial charge < -0.3 is 10.1 Å². The van der Waals surface area contributed by atoms with E-state index in [1.165, 1.54) is 49.7 Å². The number of amides is 1. The summed E-state index contributed by atoms with van der Waals surface area (Å²) in [5, 5.41) is 11.8. The Hall–Kier alpha value is -2.02. The summed E-state index contributed by atoms with van der Waals surface area (Å²) >= 11 is 0. The molecule has 1 unspecified atom stereocenters. The molecule has 136 valence electrons. The highest BCUT2D eigenvalue weighted by Gasteiger charge is 2.38. The van der Waals surface area contributed by atoms with Gasteiger partial charge in [-0.3, -0.25) is 0 Å². The van der Waals surface area contributed by atoms with Crippen molar-refractivity contribution in [3.8, 4) is 6.07 Å². The third-order valence-electron chi connectivity index (χ3n) is 5.00. The summed E-state index contributed by atoms with van der Waals surface area (Å²) in [7, 11) is 0. The van der Waals surface area contributed by atoms with E-state index in [9.17, 15) is 4.79 Å². The van der Waals surface area contributed by atoms with E-state index in [1.807, 2.05) is 0 Å². The van der Waals surface area contributed by atoms with E-state index < -0.39 is 11.6 Å². The Kier molecular flexibility index (Phi) is 7.78. The smallest absolute Gasteiger partial charge is 0.407 e. The molecule has 0 radical (unpaired) electrons. The van der Waals surface area contributed by atoms with E-state index >= 15 is 0 Å². The summed E-state index contributed by atoms with van der Waals surface area (Å²) in [5.41, 5.74) is 2.11. The molecule has 1 aliphatic heterocycles. The van der Waals surface area contributed by atoms with Gasteiger partial charge in [-0.25, -0.2) is 4.79 Å². The van der Waals surface area contributed by atoms with Crippen molar-refractivity contribution in [3.63, 3.8) is 0 Å². The van der Waals surface area contributed by atoms with Gasteiger partial charge in [-0.15, -0.1) is 0 Å². The molecule has 1 atom stereocenters. The predicted octanol–water partition coefficient (Wildman–Crippen LogP) is 4.91. The van der Waals surface area contributed by atoms with Crippen LogP contribution in [0.15, 0.2) is 24.3 Å². The number of cyclic esters (lactones) is 1. The largest absolute Gasteiger partial charge is 0.447 e. The van der Waals surface area contributed by atoms with E-state index in [0.717, 1.165) is 19.3 Å². The standard InChI is InChI=1S/C21H30N2O2/c1-2-3-4-5-6-7-8-18-9-11-19(12-10-18)13-14-21(15-16-22)17-25-20(24)23-21/h9-12H,2-8,13-15,17H2,1H3,(H,23,24). The van der Waals surface area contributed by atoms with Gasteiger partial charge in [0.25, 0.3) is 0 Å². The van der Waals surface area contributed by atoms with Crippen LogP contribution in [-0.2, 0) is 17.6 Å². The number of rotatable bonds is 11. The van der Waals surface area contributed by atoms with Crippen LogP contribution in [0.1, 0.15) is 69.4 Å². The molecule has 1 saturated heterocycles. The zero-order chi connectivity index (χ0) is 18.0. The first kappa shape index (κ1) is 19.3. The first-order chi connectivity index (χ1) is 12.2. The Labute approximate surface area is 151 Å². The molecule has 4 heteroatoms. The van der Waals surface area contributed by atoms with E-state index in [4.69, 9.17) is 10.00 Å². The highest BCUT2D eigenvalue weighted by molar-refractivity contribution is 5.70. The summed E-state index contributed by atoms with van der Waals surface area (Å²) in [4.78, 5) is 11.3. The number of alkyl carbamates (subject to hydrolysis) is 1. The molecule has 2 rings (SSSR count). The molecule has 1 amide bonds. The van der Waals surface area contributed by atoms with Crippen LogP contribution in [0.25, 0.3) is 0 Å². The maximum absolute atomic E-state index is 11.3. The van der Waals surface area contributed by atoms with Gasteiger partial charge >= 0.3 is 6.09 Å². The Morgan fingerprint density at radius 3 is 2.32 bits per heavy atom. The van der Waals surface area contributed by atoms with Crippen molar-refractivity contribution in [2.75, 3.05) is 6.61 Å². The van der Waals surface area contributed by atoms with Crippen LogP contribution in [0.3, 0.4) is 0 Å². The number of aryl methyl sites for hydroxylation is 2. The summed E-state index contributed by atoms with van der Waals surface area (Å²) in [5.74, 6) is 0. The molecular weight excluding hydrogens is 312 g/mol. The van der Waals surface area contributed by atoms with Crippen molar-refractivity contribution >= 4 is 6.09 Å². The number of carbonyl (C=O) groups is 1. The van der Waals surface area contributed by atoms with E-state index in [2.05, 4.69) is 42.6 Å². The van der Waals surface area contributed by atoms with Gasteiger partial charge in [0.2, 0.25) is 0 Å². The van der Waals surface area contributed by atoms with Gasteiger partial charge in [0.1, 0.15) is 6.61 Å². The predicted molar refractivity (Wildman–Crippen MR) is 99.3 cm³/mol. The van der Waals surface area contributed by atoms with Crippen LogP contribution in [0.2, 0.25) is 0 Å². The zero-order valence-electron chi connectivity index (χ0n) is 15.4. The van der Waals surface area contributed by atoms with Crippen LogP contribution >= 0.6 is 0 Å². The number of carbonyl (C=O) groups excluding carboxylic acids is 1. The summed E-state index contributed by atoms with van der Waals surface area (Å²) in [6, 6.07) is 10.9. The van der Waals surface area contributed by atoms with E-state index in [0.29, 0.717) is 0 Å². The number of nitrogens with zero attached hydrogens (tertiary/aromatic N) is 1. The Bertz CT molecular complexity index is 577. The highest BCUT2D eigenvalue weighted by atomic mass is 16.6. The number of nitriles is 1. The number of hydrogen-bond acceptors (Lipinski definition) is 3. The lowest BCUT2D eigenvalue weighted by atomic mass is 9.89. The summed E-state index contributed by atoms with van der Waals surface area (Å²) in [6.07, 6.45) is 10.5. The van der Waals surface area contributed by atoms with Gasteiger partial charge in [-0.1, -0.05) is 63.3 Å². The second-order valence-corrected chi connectivity index (χ2v) is 7.15. The molecule has 1 aliphatic rings. The SMILES string of the molecule is CCCCCCCCc1ccc(CCC2(CC#N)COC(=O)N2)cc1. The molecule has 1 N–H and O–H groups in total. The monoisotopic (exact) mass is 342 g/mol. The molecule has 0 aliphatic carbocycles. The fraction of sp³-hybridized carbons (Fsp3) is 0.619. The molecule has 1 fully saturated rings. The number of hydrogen-bond donors (Lipinski definition) is 1. The average molecular weight is 342 g/mol. The quantitative estimate of drug-likeness (QED) is 0.581. The highest BCUT2D eigenvalue weighted by Crippen LogP contribution is 2.23. The Morgan fingerprint density at radius 1 is 1.08 bits per heavy atom. The number of nitrogens with one attached hydrogen (secondary N) is 1. The second-order valence-electron chi connectivity index (χ2n) is 7.15. The lowest BCUT2D eigenvalue weighted by Crippen LogP contribution is -2.43. The fourth-order valence-electron chi connectivity index (χ4n) is 3.33. The topological polar surface area (TPSA) is 62.1 Å². The van der Waals surface area contributed by atoms with Crippen LogP contribution < -0.4 is 5.32 Å². The molecule has 0 saturated carbocycles. The van der Waals surface area contributed by atoms with Crippen LogP contribution in [-0.4, -0.2) is 18.2 Å². The second kappa shape index (κ2) is 10.1. The van der Waals surface area contributed by atoms with Crippen molar-refractivity contribution in [2.45, 2.75) is 76.7 Å². The van der Waals surface area contributed by atoms with Crippen molar-refractivity contribution in [1.82, 2.24) is 5.32 Å². The lowest BCUT2D eigenvalue weighted by Gasteiger charge is -2.23. The van der Waals surface area contributed by atoms with Crippen molar-refractivity contribution in [3.05, 3.63) is 35.4 Å². The Morgan fingerprint density at radius 2 is 1.72 bits per heavy atom. The van der Waals surface area contributed by atoms with Gasteiger partial charge in [0.05, 0.1) is 18.0 Å². The first-order valence-corrected chi connectivity index (χ1v) is 9.57. The van der Waals surface area contributed by atoms with Crippen LogP contribution in [0, 0.1) is 11.3 Å². The molecule has 0 aromatic heterocycles. The molecule has 25 heavy (non-hydrogen) atoms. The Balaban J connectivity index is 1.74. The number of unbranched alkanes of at least 4 members (excludes halogenated alkanes) is 5. The average Bonchev–Trinajstić information content (AvgIpc) is 2.99. The third-order valence-corrected chi connectivity index (χ3v) is 5.00. The molecular formula is C21H30N2O2. The normalized spacial score (nSPS) is 19.3. The maximum Gasteiger partial charge on any atom is 0.407 e. The number of ether oxygens (including phenoxy) is 1. The van der Waals surface area contributed by atoms with Crippen LogP contribution in [0.5, 0.6) is 0 Å². The molecule has 1 aromatic rings. The van der Waals surface area contributed by atoms with Crippen molar-refractivity contribution in [2.24, 2.45) is 0 Å². The van der Waals surface area contributed by atoms with Gasteiger partial charge in [0, 0.05) is 0 Å². The minimum Gasteiger partial charge on any atom is -0.447 e. The zero-order valence-corrected chi connectivity index (χ0v) is 15.4. The molecule has 1 heterocycles. The van der Waals surface area contributed by atoms with Crippen molar-refractivity contribution < 1.29 is 9.53 Å². The number of benzene rings is 1. The van der Waals surface area contributed by atoms with E-state index in [1.54, 1.807) is 0 Å². The molecule has 0 spiro atoms. The van der Waals surface area contributed by atoms with Crippen LogP contribution in [0.4, 0.5) is 4.79 Å². The molecule has 1 aromatic carbocycles. The molecule has 0 bridgehead atoms.